The minimum Gasteiger partial charge on any atom is -0.396 e. The smallest absolute Gasteiger partial charge is 0.0489 e. The van der Waals surface area contributed by atoms with Gasteiger partial charge in [0, 0.05) is 18.2 Å². The van der Waals surface area contributed by atoms with Crippen LogP contribution >= 0.6 is 0 Å². The lowest BCUT2D eigenvalue weighted by Crippen LogP contribution is -2.76. The molecule has 2 bridgehead atoms. The molecule has 106 valence electrons. The fraction of sp³-hybridized carbons (Fsp3) is 0.556. The third-order valence-electron chi connectivity index (χ3n) is 5.49. The number of allylic oxidation sites excluding steroid dienone is 1. The maximum atomic E-state index is 9.33. The Morgan fingerprint density at radius 2 is 2.00 bits per heavy atom. The second kappa shape index (κ2) is 4.19. The van der Waals surface area contributed by atoms with E-state index in [-0.39, 0.29) is 0 Å². The van der Waals surface area contributed by atoms with Gasteiger partial charge in [0.25, 0.3) is 0 Å². The van der Waals surface area contributed by atoms with Crippen molar-refractivity contribution in [2.75, 3.05) is 6.61 Å². The van der Waals surface area contributed by atoms with Crippen molar-refractivity contribution in [1.82, 2.24) is 5.32 Å². The van der Waals surface area contributed by atoms with Crippen molar-refractivity contribution in [3.05, 3.63) is 41.5 Å². The second-order valence-electron chi connectivity index (χ2n) is 7.31. The van der Waals surface area contributed by atoms with Gasteiger partial charge in [0.15, 0.2) is 0 Å². The minimum absolute atomic E-state index is 0.298. The lowest BCUT2D eigenvalue weighted by Gasteiger charge is -2.71. The first-order valence-electron chi connectivity index (χ1n) is 7.80. The SMILES string of the molecule is CC(CC1=CCc2ccccc21)NC12CC(CO)(C1)C2. The Morgan fingerprint density at radius 1 is 1.25 bits per heavy atom. The molecule has 1 atom stereocenters. The molecule has 0 aromatic heterocycles. The highest BCUT2D eigenvalue weighted by Crippen LogP contribution is 2.67. The molecule has 2 heteroatoms. The Balaban J connectivity index is 1.37. The number of nitrogens with one attached hydrogen (secondary N) is 1. The number of hydrogen-bond donors (Lipinski definition) is 2. The molecule has 0 heterocycles. The van der Waals surface area contributed by atoms with Gasteiger partial charge in [0.1, 0.15) is 0 Å². The zero-order valence-electron chi connectivity index (χ0n) is 12.2. The molecule has 0 saturated heterocycles. The molecule has 3 saturated carbocycles. The largest absolute Gasteiger partial charge is 0.396 e. The summed E-state index contributed by atoms with van der Waals surface area (Å²) in [7, 11) is 0. The van der Waals surface area contributed by atoms with Gasteiger partial charge in [-0.25, -0.2) is 0 Å². The van der Waals surface area contributed by atoms with Gasteiger partial charge >= 0.3 is 0 Å². The molecule has 3 fully saturated rings. The summed E-state index contributed by atoms with van der Waals surface area (Å²) in [6.07, 6.45) is 8.13. The minimum atomic E-state index is 0.298. The Morgan fingerprint density at radius 3 is 2.75 bits per heavy atom. The van der Waals surface area contributed by atoms with E-state index in [0.29, 0.717) is 23.6 Å². The number of benzene rings is 1. The van der Waals surface area contributed by atoms with Gasteiger partial charge in [0.05, 0.1) is 0 Å². The fourth-order valence-corrected chi connectivity index (χ4v) is 4.77. The van der Waals surface area contributed by atoms with Crippen molar-refractivity contribution < 1.29 is 5.11 Å². The van der Waals surface area contributed by atoms with Crippen molar-refractivity contribution in [2.24, 2.45) is 5.41 Å². The molecule has 1 aromatic rings. The second-order valence-corrected chi connectivity index (χ2v) is 7.31. The van der Waals surface area contributed by atoms with E-state index < -0.39 is 0 Å². The van der Waals surface area contributed by atoms with Crippen molar-refractivity contribution in [3.8, 4) is 0 Å². The molecule has 5 rings (SSSR count). The predicted molar refractivity (Wildman–Crippen MR) is 81.4 cm³/mol. The average molecular weight is 269 g/mol. The van der Waals surface area contributed by atoms with Crippen molar-refractivity contribution >= 4 is 5.57 Å². The molecule has 1 unspecified atom stereocenters. The maximum absolute atomic E-state index is 9.33. The molecule has 4 aliphatic rings. The standard InChI is InChI=1S/C18H23NO/c1-13(19-18-9-17(10-18,11-18)12-20)8-15-7-6-14-4-2-3-5-16(14)15/h2-5,7,13,19-20H,6,8-12H2,1H3. The van der Waals surface area contributed by atoms with E-state index in [4.69, 9.17) is 0 Å². The Hall–Kier alpha value is -1.12. The summed E-state index contributed by atoms with van der Waals surface area (Å²) in [5, 5.41) is 13.2. The molecular weight excluding hydrogens is 246 g/mol. The summed E-state index contributed by atoms with van der Waals surface area (Å²) in [4.78, 5) is 0. The van der Waals surface area contributed by atoms with Crippen LogP contribution in [-0.2, 0) is 6.42 Å². The van der Waals surface area contributed by atoms with E-state index in [2.05, 4.69) is 42.6 Å². The number of rotatable bonds is 5. The highest BCUT2D eigenvalue weighted by molar-refractivity contribution is 5.73. The van der Waals surface area contributed by atoms with Gasteiger partial charge in [0.2, 0.25) is 0 Å². The molecular formula is C18H23NO. The summed E-state index contributed by atoms with van der Waals surface area (Å²) >= 11 is 0. The van der Waals surface area contributed by atoms with Crippen molar-refractivity contribution in [3.63, 3.8) is 0 Å². The van der Waals surface area contributed by atoms with Gasteiger partial charge in [-0.1, -0.05) is 30.3 Å². The van der Waals surface area contributed by atoms with Gasteiger partial charge in [-0.15, -0.1) is 0 Å². The normalized spacial score (nSPS) is 34.8. The summed E-state index contributed by atoms with van der Waals surface area (Å²) in [6.45, 7) is 2.68. The molecule has 4 aliphatic carbocycles. The molecule has 0 amide bonds. The third kappa shape index (κ3) is 1.78. The Kier molecular flexibility index (Phi) is 2.64. The van der Waals surface area contributed by atoms with Crippen LogP contribution in [0.2, 0.25) is 0 Å². The van der Waals surface area contributed by atoms with E-state index in [1.54, 1.807) is 0 Å². The van der Waals surface area contributed by atoms with Gasteiger partial charge in [-0.3, -0.25) is 0 Å². The van der Waals surface area contributed by atoms with Crippen molar-refractivity contribution in [2.45, 2.75) is 50.6 Å². The van der Waals surface area contributed by atoms with E-state index in [0.717, 1.165) is 12.8 Å². The first kappa shape index (κ1) is 12.6. The predicted octanol–water partition coefficient (Wildman–Crippen LogP) is 2.91. The van der Waals surface area contributed by atoms with E-state index in [9.17, 15) is 5.11 Å². The Labute approximate surface area is 120 Å². The number of fused-ring (bicyclic) bond motifs is 1. The van der Waals surface area contributed by atoms with Gasteiger partial charge in [-0.05, 0) is 61.1 Å². The van der Waals surface area contributed by atoms with Crippen LogP contribution in [0.25, 0.3) is 5.57 Å². The summed E-state index contributed by atoms with van der Waals surface area (Å²) in [6, 6.07) is 9.28. The van der Waals surface area contributed by atoms with Crippen LogP contribution < -0.4 is 5.32 Å². The van der Waals surface area contributed by atoms with Crippen LogP contribution in [-0.4, -0.2) is 23.3 Å². The Bertz CT molecular complexity index is 555. The lowest BCUT2D eigenvalue weighted by atomic mass is 9.39. The zero-order chi connectivity index (χ0) is 13.8. The topological polar surface area (TPSA) is 32.3 Å². The molecule has 2 nitrogen and oxygen atoms in total. The van der Waals surface area contributed by atoms with Crippen LogP contribution in [0.3, 0.4) is 0 Å². The third-order valence-corrected chi connectivity index (χ3v) is 5.49. The first-order chi connectivity index (χ1) is 9.64. The molecule has 2 N–H and O–H groups in total. The molecule has 20 heavy (non-hydrogen) atoms. The van der Waals surface area contributed by atoms with E-state index >= 15 is 0 Å². The summed E-state index contributed by atoms with van der Waals surface area (Å²) < 4.78 is 0. The van der Waals surface area contributed by atoms with Gasteiger partial charge in [-0.2, -0.15) is 0 Å². The average Bonchev–Trinajstić information content (AvgIpc) is 2.76. The number of aliphatic hydroxyl groups excluding tert-OH is 1. The molecule has 0 radical (unpaired) electrons. The molecule has 0 aliphatic heterocycles. The van der Waals surface area contributed by atoms with E-state index in [1.165, 1.54) is 36.0 Å². The zero-order valence-corrected chi connectivity index (χ0v) is 12.2. The van der Waals surface area contributed by atoms with Crippen LogP contribution in [0, 0.1) is 5.41 Å². The van der Waals surface area contributed by atoms with Crippen LogP contribution in [0.1, 0.15) is 43.7 Å². The highest BCUT2D eigenvalue weighted by Gasteiger charge is 2.67. The lowest BCUT2D eigenvalue weighted by molar-refractivity contribution is -0.181. The maximum Gasteiger partial charge on any atom is 0.0489 e. The van der Waals surface area contributed by atoms with E-state index in [1.807, 2.05) is 0 Å². The highest BCUT2D eigenvalue weighted by atomic mass is 16.3. The monoisotopic (exact) mass is 269 g/mol. The number of hydrogen-bond acceptors (Lipinski definition) is 2. The quantitative estimate of drug-likeness (QED) is 0.861. The van der Waals surface area contributed by atoms with Crippen LogP contribution in [0.4, 0.5) is 0 Å². The molecule has 0 spiro atoms. The van der Waals surface area contributed by atoms with Gasteiger partial charge < -0.3 is 10.4 Å². The summed E-state index contributed by atoms with van der Waals surface area (Å²) in [5.74, 6) is 0. The van der Waals surface area contributed by atoms with Crippen molar-refractivity contribution in [1.29, 1.82) is 0 Å². The fourth-order valence-electron chi connectivity index (χ4n) is 4.77. The summed E-state index contributed by atoms with van der Waals surface area (Å²) in [5.41, 5.74) is 5.08. The van der Waals surface area contributed by atoms with Crippen LogP contribution in [0.5, 0.6) is 0 Å². The number of aliphatic hydroxyl groups is 1. The molecule has 1 aromatic carbocycles. The van der Waals surface area contributed by atoms with Crippen LogP contribution in [0.15, 0.2) is 30.3 Å². The first-order valence-corrected chi connectivity index (χ1v) is 7.80.